The Hall–Kier alpha value is -1.40. The van der Waals surface area contributed by atoms with Crippen molar-refractivity contribution in [1.29, 1.82) is 5.26 Å². The molecule has 1 atom stereocenters. The van der Waals surface area contributed by atoms with Crippen LogP contribution in [0.3, 0.4) is 0 Å². The Morgan fingerprint density at radius 2 is 2.36 bits per heavy atom. The molecule has 3 heteroatoms. The fourth-order valence-electron chi connectivity index (χ4n) is 1.57. The van der Waals surface area contributed by atoms with E-state index < -0.39 is 0 Å². The highest BCUT2D eigenvalue weighted by Crippen LogP contribution is 2.36. The molecule has 2 N–H and O–H groups in total. The molecule has 0 spiro atoms. The van der Waals surface area contributed by atoms with Gasteiger partial charge in [-0.15, -0.1) is 0 Å². The lowest BCUT2D eigenvalue weighted by Gasteiger charge is -2.10. The van der Waals surface area contributed by atoms with E-state index in [1.54, 1.807) is 12.4 Å². The highest BCUT2D eigenvalue weighted by Gasteiger charge is 2.24. The van der Waals surface area contributed by atoms with Crippen molar-refractivity contribution in [2.24, 2.45) is 11.7 Å². The number of hydrogen-bond donors (Lipinski definition) is 1. The zero-order valence-electron chi connectivity index (χ0n) is 7.98. The van der Waals surface area contributed by atoms with E-state index in [9.17, 15) is 0 Å². The average Bonchev–Trinajstić information content (AvgIpc) is 3.02. The number of rotatable bonds is 3. The molecule has 0 amide bonds. The summed E-state index contributed by atoms with van der Waals surface area (Å²) in [6.45, 7) is 0. The molecule has 0 radical (unpaired) electrons. The molecule has 1 fully saturated rings. The van der Waals surface area contributed by atoms with Gasteiger partial charge in [0.25, 0.3) is 0 Å². The van der Waals surface area contributed by atoms with Gasteiger partial charge in [0.15, 0.2) is 0 Å². The first-order valence-electron chi connectivity index (χ1n) is 4.90. The standard InChI is InChI=1S/C11H13N3/c12-5-9-3-10(7-14-6-9)11(13)4-8-1-2-8/h3,6-8,11H,1-2,4,13H2/t11-/m1/s1. The summed E-state index contributed by atoms with van der Waals surface area (Å²) in [7, 11) is 0. The van der Waals surface area contributed by atoms with Gasteiger partial charge in [-0.25, -0.2) is 0 Å². The van der Waals surface area contributed by atoms with Crippen molar-refractivity contribution in [2.75, 3.05) is 0 Å². The highest BCUT2D eigenvalue weighted by molar-refractivity contribution is 5.30. The van der Waals surface area contributed by atoms with Crippen LogP contribution in [-0.2, 0) is 0 Å². The lowest BCUT2D eigenvalue weighted by atomic mass is 10.0. The van der Waals surface area contributed by atoms with Gasteiger partial charge in [-0.1, -0.05) is 12.8 Å². The van der Waals surface area contributed by atoms with Crippen molar-refractivity contribution < 1.29 is 0 Å². The molecular weight excluding hydrogens is 174 g/mol. The topological polar surface area (TPSA) is 62.7 Å². The minimum absolute atomic E-state index is 0.0447. The van der Waals surface area contributed by atoms with E-state index in [1.807, 2.05) is 6.07 Å². The van der Waals surface area contributed by atoms with Gasteiger partial charge in [0.2, 0.25) is 0 Å². The predicted molar refractivity (Wildman–Crippen MR) is 53.2 cm³/mol. The van der Waals surface area contributed by atoms with Crippen LogP contribution in [0, 0.1) is 17.2 Å². The van der Waals surface area contributed by atoms with E-state index in [4.69, 9.17) is 11.0 Å². The van der Waals surface area contributed by atoms with Crippen molar-refractivity contribution in [3.8, 4) is 6.07 Å². The molecular formula is C11H13N3. The molecule has 0 bridgehead atoms. The van der Waals surface area contributed by atoms with E-state index in [0.717, 1.165) is 17.9 Å². The molecule has 3 nitrogen and oxygen atoms in total. The van der Waals surface area contributed by atoms with Gasteiger partial charge in [0.05, 0.1) is 5.56 Å². The molecule has 0 unspecified atom stereocenters. The molecule has 1 aromatic heterocycles. The van der Waals surface area contributed by atoms with Crippen LogP contribution in [0.1, 0.15) is 36.4 Å². The van der Waals surface area contributed by atoms with Crippen LogP contribution in [0.25, 0.3) is 0 Å². The number of nitrogens with two attached hydrogens (primary N) is 1. The molecule has 2 rings (SSSR count). The van der Waals surface area contributed by atoms with E-state index in [-0.39, 0.29) is 6.04 Å². The minimum atomic E-state index is 0.0447. The average molecular weight is 187 g/mol. The third kappa shape index (κ3) is 2.09. The quantitative estimate of drug-likeness (QED) is 0.784. The maximum Gasteiger partial charge on any atom is 0.101 e. The summed E-state index contributed by atoms with van der Waals surface area (Å²) < 4.78 is 0. The summed E-state index contributed by atoms with van der Waals surface area (Å²) in [5.74, 6) is 0.802. The molecule has 1 saturated carbocycles. The summed E-state index contributed by atoms with van der Waals surface area (Å²) in [5.41, 5.74) is 7.58. The fraction of sp³-hybridized carbons (Fsp3) is 0.455. The number of nitriles is 1. The Labute approximate surface area is 83.6 Å². The van der Waals surface area contributed by atoms with Crippen LogP contribution in [-0.4, -0.2) is 4.98 Å². The largest absolute Gasteiger partial charge is 0.324 e. The number of nitrogens with zero attached hydrogens (tertiary/aromatic N) is 2. The first-order chi connectivity index (χ1) is 6.79. The summed E-state index contributed by atoms with van der Waals surface area (Å²) >= 11 is 0. The van der Waals surface area contributed by atoms with Crippen molar-refractivity contribution in [1.82, 2.24) is 4.98 Å². The lowest BCUT2D eigenvalue weighted by molar-refractivity contribution is 0.595. The molecule has 0 aromatic carbocycles. The smallest absolute Gasteiger partial charge is 0.101 e. The number of pyridine rings is 1. The van der Waals surface area contributed by atoms with Gasteiger partial charge in [-0.05, 0) is 24.0 Å². The van der Waals surface area contributed by atoms with Crippen LogP contribution >= 0.6 is 0 Å². The Bertz CT molecular complexity index is 363. The molecule has 1 heterocycles. The van der Waals surface area contributed by atoms with Crippen molar-refractivity contribution in [3.63, 3.8) is 0 Å². The van der Waals surface area contributed by atoms with Crippen molar-refractivity contribution in [2.45, 2.75) is 25.3 Å². The number of hydrogen-bond acceptors (Lipinski definition) is 3. The first kappa shape index (κ1) is 9.17. The fourth-order valence-corrected chi connectivity index (χ4v) is 1.57. The molecule has 72 valence electrons. The van der Waals surface area contributed by atoms with Crippen LogP contribution < -0.4 is 5.73 Å². The van der Waals surface area contributed by atoms with Crippen LogP contribution in [0.5, 0.6) is 0 Å². The normalized spacial score (nSPS) is 17.4. The molecule has 1 aromatic rings. The minimum Gasteiger partial charge on any atom is -0.324 e. The maximum atomic E-state index is 8.71. The Morgan fingerprint density at radius 3 is 3.00 bits per heavy atom. The monoisotopic (exact) mass is 187 g/mol. The van der Waals surface area contributed by atoms with E-state index in [2.05, 4.69) is 11.1 Å². The zero-order chi connectivity index (χ0) is 9.97. The second-order valence-electron chi connectivity index (χ2n) is 3.90. The van der Waals surface area contributed by atoms with Gasteiger partial charge < -0.3 is 5.73 Å². The second-order valence-corrected chi connectivity index (χ2v) is 3.90. The van der Waals surface area contributed by atoms with E-state index in [1.165, 1.54) is 12.8 Å². The highest BCUT2D eigenvalue weighted by atomic mass is 14.7. The Morgan fingerprint density at radius 1 is 1.57 bits per heavy atom. The van der Waals surface area contributed by atoms with Gasteiger partial charge in [-0.2, -0.15) is 5.26 Å². The predicted octanol–water partition coefficient (Wildman–Crippen LogP) is 1.75. The van der Waals surface area contributed by atoms with E-state index in [0.29, 0.717) is 5.56 Å². The summed E-state index contributed by atoms with van der Waals surface area (Å²) in [6, 6.07) is 3.95. The summed E-state index contributed by atoms with van der Waals surface area (Å²) in [5, 5.41) is 8.71. The van der Waals surface area contributed by atoms with Gasteiger partial charge >= 0.3 is 0 Å². The lowest BCUT2D eigenvalue weighted by Crippen LogP contribution is -2.11. The van der Waals surface area contributed by atoms with E-state index >= 15 is 0 Å². The van der Waals surface area contributed by atoms with Crippen LogP contribution in [0.2, 0.25) is 0 Å². The van der Waals surface area contributed by atoms with Crippen LogP contribution in [0.4, 0.5) is 0 Å². The van der Waals surface area contributed by atoms with Gasteiger partial charge in [-0.3, -0.25) is 4.98 Å². The van der Waals surface area contributed by atoms with Crippen LogP contribution in [0.15, 0.2) is 18.5 Å². The summed E-state index contributed by atoms with van der Waals surface area (Å²) in [4.78, 5) is 4.00. The summed E-state index contributed by atoms with van der Waals surface area (Å²) in [6.07, 6.45) is 6.95. The van der Waals surface area contributed by atoms with Crippen molar-refractivity contribution in [3.05, 3.63) is 29.6 Å². The molecule has 14 heavy (non-hydrogen) atoms. The SMILES string of the molecule is N#Cc1cncc([C@H](N)CC2CC2)c1. The third-order valence-corrected chi connectivity index (χ3v) is 2.60. The Kier molecular flexibility index (Phi) is 2.47. The van der Waals surface area contributed by atoms with Gasteiger partial charge in [0, 0.05) is 18.4 Å². The molecule has 0 saturated heterocycles. The first-order valence-corrected chi connectivity index (χ1v) is 4.90. The van der Waals surface area contributed by atoms with Crippen molar-refractivity contribution >= 4 is 0 Å². The molecule has 1 aliphatic rings. The zero-order valence-corrected chi connectivity index (χ0v) is 7.98. The third-order valence-electron chi connectivity index (χ3n) is 2.60. The molecule has 1 aliphatic carbocycles. The molecule has 0 aliphatic heterocycles. The maximum absolute atomic E-state index is 8.71. The number of aromatic nitrogens is 1. The Balaban J connectivity index is 2.09. The van der Waals surface area contributed by atoms with Gasteiger partial charge in [0.1, 0.15) is 6.07 Å². The second kappa shape index (κ2) is 3.77.